The molecule has 2 aromatic rings. The van der Waals surface area contributed by atoms with Crippen LogP contribution in [0.4, 0.5) is 14.5 Å². The number of hydrogen-bond acceptors (Lipinski definition) is 5. The Hall–Kier alpha value is -2.58. The van der Waals surface area contributed by atoms with E-state index in [1.807, 2.05) is 0 Å². The molecule has 0 amide bonds. The van der Waals surface area contributed by atoms with Gasteiger partial charge in [-0.3, -0.25) is 15.0 Å². The molecule has 8 heteroatoms. The quantitative estimate of drug-likeness (QED) is 0.584. The predicted molar refractivity (Wildman–Crippen MR) is 87.3 cm³/mol. The van der Waals surface area contributed by atoms with Crippen molar-refractivity contribution in [2.75, 3.05) is 20.2 Å². The minimum Gasteiger partial charge on any atom is -0.491 e. The van der Waals surface area contributed by atoms with Gasteiger partial charge in [-0.05, 0) is 30.8 Å². The van der Waals surface area contributed by atoms with E-state index in [1.165, 1.54) is 24.3 Å². The Balaban J connectivity index is 1.83. The van der Waals surface area contributed by atoms with E-state index in [0.29, 0.717) is 12.1 Å². The summed E-state index contributed by atoms with van der Waals surface area (Å²) in [5.74, 6) is -1.53. The summed E-state index contributed by atoms with van der Waals surface area (Å²) < 4.78 is 31.4. The molecule has 6 nitrogen and oxygen atoms in total. The zero-order chi connectivity index (χ0) is 18.4. The normalized spacial score (nSPS) is 12.2. The molecule has 1 atom stereocenters. The molecule has 1 N–H and O–H groups in total. The molecule has 0 saturated carbocycles. The molecule has 2 aromatic carbocycles. The van der Waals surface area contributed by atoms with Gasteiger partial charge >= 0.3 is 0 Å². The summed E-state index contributed by atoms with van der Waals surface area (Å²) in [5, 5.41) is 20.7. The zero-order valence-electron chi connectivity index (χ0n) is 13.6. The number of non-ortho nitro benzene ring substituents is 1. The molecular weight excluding hydrogens is 334 g/mol. The van der Waals surface area contributed by atoms with Gasteiger partial charge in [-0.1, -0.05) is 12.1 Å². The second kappa shape index (κ2) is 8.50. The molecule has 25 heavy (non-hydrogen) atoms. The molecule has 0 fully saturated rings. The molecule has 1 unspecified atom stereocenters. The summed E-state index contributed by atoms with van der Waals surface area (Å²) in [5.41, 5.74) is 0.482. The predicted octanol–water partition coefficient (Wildman–Crippen LogP) is 2.74. The van der Waals surface area contributed by atoms with Gasteiger partial charge in [0.15, 0.2) is 11.6 Å². The number of benzene rings is 2. The number of nitro benzene ring substituents is 1. The number of nitro groups is 1. The van der Waals surface area contributed by atoms with Gasteiger partial charge in [0, 0.05) is 19.2 Å². The van der Waals surface area contributed by atoms with Gasteiger partial charge in [-0.2, -0.15) is 0 Å². The second-order valence-electron chi connectivity index (χ2n) is 5.66. The summed E-state index contributed by atoms with van der Waals surface area (Å²) in [4.78, 5) is 11.9. The number of halogens is 2. The molecule has 0 bridgehead atoms. The lowest BCUT2D eigenvalue weighted by Gasteiger charge is -2.21. The third-order valence-corrected chi connectivity index (χ3v) is 3.43. The van der Waals surface area contributed by atoms with Crippen molar-refractivity contribution in [3.8, 4) is 5.75 Å². The Morgan fingerprint density at radius 3 is 2.68 bits per heavy atom. The van der Waals surface area contributed by atoms with E-state index in [0.717, 1.165) is 12.1 Å². The van der Waals surface area contributed by atoms with Gasteiger partial charge < -0.3 is 9.84 Å². The van der Waals surface area contributed by atoms with Gasteiger partial charge in [0.2, 0.25) is 0 Å². The van der Waals surface area contributed by atoms with Crippen molar-refractivity contribution in [2.24, 2.45) is 0 Å². The van der Waals surface area contributed by atoms with Gasteiger partial charge in [0.1, 0.15) is 18.5 Å². The van der Waals surface area contributed by atoms with Crippen molar-refractivity contribution >= 4 is 5.69 Å². The Bertz CT molecular complexity index is 742. The Morgan fingerprint density at radius 2 is 2.00 bits per heavy atom. The van der Waals surface area contributed by atoms with Crippen molar-refractivity contribution in [3.63, 3.8) is 0 Å². The van der Waals surface area contributed by atoms with Crippen LogP contribution in [0.1, 0.15) is 5.56 Å². The highest BCUT2D eigenvalue weighted by Gasteiger charge is 2.12. The minimum atomic E-state index is -0.916. The first kappa shape index (κ1) is 18.8. The van der Waals surface area contributed by atoms with Crippen molar-refractivity contribution < 1.29 is 23.5 Å². The largest absolute Gasteiger partial charge is 0.491 e. The van der Waals surface area contributed by atoms with Gasteiger partial charge in [0.05, 0.1) is 11.0 Å². The topological polar surface area (TPSA) is 75.8 Å². The van der Waals surface area contributed by atoms with Gasteiger partial charge in [-0.15, -0.1) is 0 Å². The highest BCUT2D eigenvalue weighted by molar-refractivity contribution is 5.37. The third kappa shape index (κ3) is 5.77. The fraction of sp³-hybridized carbons (Fsp3) is 0.294. The van der Waals surface area contributed by atoms with E-state index in [-0.39, 0.29) is 24.6 Å². The van der Waals surface area contributed by atoms with Crippen molar-refractivity contribution in [2.45, 2.75) is 12.6 Å². The maximum atomic E-state index is 13.2. The van der Waals surface area contributed by atoms with Gasteiger partial charge in [-0.25, -0.2) is 8.78 Å². The fourth-order valence-electron chi connectivity index (χ4n) is 2.31. The van der Waals surface area contributed by atoms with Crippen molar-refractivity contribution in [1.29, 1.82) is 0 Å². The summed E-state index contributed by atoms with van der Waals surface area (Å²) in [6, 6.07) is 9.31. The van der Waals surface area contributed by atoms with Crippen LogP contribution in [0.3, 0.4) is 0 Å². The van der Waals surface area contributed by atoms with Crippen LogP contribution in [0.2, 0.25) is 0 Å². The zero-order valence-corrected chi connectivity index (χ0v) is 13.6. The molecule has 0 aliphatic heterocycles. The Labute approximate surface area is 143 Å². The highest BCUT2D eigenvalue weighted by atomic mass is 19.2. The lowest BCUT2D eigenvalue weighted by atomic mass is 10.2. The number of hydrogen-bond donors (Lipinski definition) is 1. The van der Waals surface area contributed by atoms with E-state index < -0.39 is 22.7 Å². The first-order valence-corrected chi connectivity index (χ1v) is 7.53. The number of likely N-dealkylation sites (N-methyl/N-ethyl adjacent to an activating group) is 1. The van der Waals surface area contributed by atoms with Crippen LogP contribution in [0.15, 0.2) is 42.5 Å². The minimum absolute atomic E-state index is 0.0523. The van der Waals surface area contributed by atoms with Crippen LogP contribution in [-0.2, 0) is 6.54 Å². The van der Waals surface area contributed by atoms with E-state index in [4.69, 9.17) is 4.74 Å². The van der Waals surface area contributed by atoms with E-state index in [2.05, 4.69) is 0 Å². The standard InChI is InChI=1S/C17H18F2N2O4/c1-20(9-12-5-6-16(18)17(19)7-12)10-14(22)11-25-15-4-2-3-13(8-15)21(23)24/h2-8,14,22H,9-11H2,1H3. The average Bonchev–Trinajstić information content (AvgIpc) is 2.56. The first-order valence-electron chi connectivity index (χ1n) is 7.53. The molecule has 0 aliphatic carbocycles. The Kier molecular flexibility index (Phi) is 6.37. The number of ether oxygens (including phenoxy) is 1. The molecule has 0 aliphatic rings. The molecule has 0 aromatic heterocycles. The first-order chi connectivity index (χ1) is 11.8. The fourth-order valence-corrected chi connectivity index (χ4v) is 2.31. The van der Waals surface area contributed by atoms with Crippen LogP contribution in [-0.4, -0.2) is 41.2 Å². The van der Waals surface area contributed by atoms with Crippen LogP contribution >= 0.6 is 0 Å². The van der Waals surface area contributed by atoms with Crippen LogP contribution in [0.25, 0.3) is 0 Å². The molecule has 134 valence electrons. The van der Waals surface area contributed by atoms with Crippen molar-refractivity contribution in [1.82, 2.24) is 4.90 Å². The van der Waals surface area contributed by atoms with Crippen LogP contribution < -0.4 is 4.74 Å². The maximum Gasteiger partial charge on any atom is 0.273 e. The maximum absolute atomic E-state index is 13.2. The van der Waals surface area contributed by atoms with Crippen molar-refractivity contribution in [3.05, 3.63) is 69.8 Å². The van der Waals surface area contributed by atoms with E-state index in [1.54, 1.807) is 18.0 Å². The number of aliphatic hydroxyl groups is 1. The SMILES string of the molecule is CN(Cc1ccc(F)c(F)c1)CC(O)COc1cccc([N+](=O)[O-])c1. The smallest absolute Gasteiger partial charge is 0.273 e. The third-order valence-electron chi connectivity index (χ3n) is 3.43. The molecule has 2 rings (SSSR count). The summed E-state index contributed by atoms with van der Waals surface area (Å²) in [6.45, 7) is 0.502. The number of nitrogens with zero attached hydrogens (tertiary/aromatic N) is 2. The number of rotatable bonds is 8. The van der Waals surface area contributed by atoms with E-state index in [9.17, 15) is 24.0 Å². The highest BCUT2D eigenvalue weighted by Crippen LogP contribution is 2.19. The summed E-state index contributed by atoms with van der Waals surface area (Å²) in [6.07, 6.45) is -0.852. The second-order valence-corrected chi connectivity index (χ2v) is 5.66. The summed E-state index contributed by atoms with van der Waals surface area (Å²) in [7, 11) is 1.72. The molecule has 0 radical (unpaired) electrons. The lowest BCUT2D eigenvalue weighted by Crippen LogP contribution is -2.32. The Morgan fingerprint density at radius 1 is 1.24 bits per heavy atom. The van der Waals surface area contributed by atoms with Crippen LogP contribution in [0, 0.1) is 21.7 Å². The molecule has 0 heterocycles. The summed E-state index contributed by atoms with van der Waals surface area (Å²) >= 11 is 0. The molecule has 0 saturated heterocycles. The molecule has 0 spiro atoms. The van der Waals surface area contributed by atoms with Gasteiger partial charge in [0.25, 0.3) is 5.69 Å². The molecular formula is C17H18F2N2O4. The van der Waals surface area contributed by atoms with E-state index >= 15 is 0 Å². The average molecular weight is 352 g/mol. The monoisotopic (exact) mass is 352 g/mol. The number of aliphatic hydroxyl groups excluding tert-OH is 1. The lowest BCUT2D eigenvalue weighted by molar-refractivity contribution is -0.384. The van der Waals surface area contributed by atoms with Crippen LogP contribution in [0.5, 0.6) is 5.75 Å².